The summed E-state index contributed by atoms with van der Waals surface area (Å²) in [6, 6.07) is 12.0. The number of fused-ring (bicyclic) bond motifs is 1. The van der Waals surface area contributed by atoms with Gasteiger partial charge in [0.05, 0.1) is 5.69 Å². The normalized spacial score (nSPS) is 16.8. The first-order valence-electron chi connectivity index (χ1n) is 8.41. The number of amides is 2. The molecule has 130 valence electrons. The van der Waals surface area contributed by atoms with Gasteiger partial charge >= 0.3 is 6.03 Å². The molecule has 0 aliphatic carbocycles. The van der Waals surface area contributed by atoms with E-state index in [1.807, 2.05) is 12.1 Å². The molecule has 2 amide bonds. The third-order valence-electron chi connectivity index (χ3n) is 4.77. The lowest BCUT2D eigenvalue weighted by molar-refractivity contribution is 0.173. The summed E-state index contributed by atoms with van der Waals surface area (Å²) in [5.74, 6) is 1.53. The number of carbonyl (C=O) groups is 1. The second-order valence-electron chi connectivity index (χ2n) is 6.28. The Bertz CT molecular complexity index is 788. The van der Waals surface area contributed by atoms with Gasteiger partial charge in [-0.1, -0.05) is 18.2 Å². The maximum Gasteiger partial charge on any atom is 0.321 e. The minimum absolute atomic E-state index is 0.213. The van der Waals surface area contributed by atoms with Gasteiger partial charge in [-0.2, -0.15) is 0 Å². The Kier molecular flexibility index (Phi) is 4.17. The monoisotopic (exact) mass is 342 g/mol. The Morgan fingerprint density at radius 3 is 2.64 bits per heavy atom. The van der Waals surface area contributed by atoms with Crippen LogP contribution >= 0.6 is 0 Å². The fourth-order valence-corrected chi connectivity index (χ4v) is 3.34. The number of likely N-dealkylation sites (tertiary alicyclic amines) is 1. The number of anilines is 1. The minimum Gasteiger partial charge on any atom is -0.454 e. The van der Waals surface area contributed by atoms with Crippen molar-refractivity contribution < 1.29 is 18.7 Å². The third kappa shape index (κ3) is 3.24. The highest BCUT2D eigenvalue weighted by molar-refractivity contribution is 5.89. The molecule has 1 saturated heterocycles. The van der Waals surface area contributed by atoms with Crippen LogP contribution in [0.3, 0.4) is 0 Å². The number of nitrogens with one attached hydrogen (secondary N) is 1. The topological polar surface area (TPSA) is 50.8 Å². The molecule has 6 heteroatoms. The first-order valence-corrected chi connectivity index (χ1v) is 8.41. The predicted molar refractivity (Wildman–Crippen MR) is 91.5 cm³/mol. The van der Waals surface area contributed by atoms with Crippen LogP contribution in [0.15, 0.2) is 42.5 Å². The number of urea groups is 1. The molecule has 0 bridgehead atoms. The van der Waals surface area contributed by atoms with Gasteiger partial charge in [-0.3, -0.25) is 0 Å². The van der Waals surface area contributed by atoms with Crippen LogP contribution in [0.25, 0.3) is 0 Å². The molecule has 0 radical (unpaired) electrons. The maximum atomic E-state index is 13.7. The minimum atomic E-state index is -0.425. The molecule has 2 aromatic carbocycles. The van der Waals surface area contributed by atoms with E-state index in [0.717, 1.165) is 24.3 Å². The second kappa shape index (κ2) is 6.63. The number of ether oxygens (including phenoxy) is 2. The average molecular weight is 342 g/mol. The molecule has 25 heavy (non-hydrogen) atoms. The molecule has 5 nitrogen and oxygen atoms in total. The number of benzene rings is 2. The van der Waals surface area contributed by atoms with Crippen molar-refractivity contribution in [2.75, 3.05) is 25.2 Å². The van der Waals surface area contributed by atoms with E-state index in [-0.39, 0.29) is 18.5 Å². The van der Waals surface area contributed by atoms with Crippen molar-refractivity contribution in [1.29, 1.82) is 0 Å². The van der Waals surface area contributed by atoms with E-state index in [4.69, 9.17) is 9.47 Å². The van der Waals surface area contributed by atoms with E-state index in [0.29, 0.717) is 19.0 Å². The highest BCUT2D eigenvalue weighted by Gasteiger charge is 2.25. The van der Waals surface area contributed by atoms with Crippen molar-refractivity contribution in [1.82, 2.24) is 4.90 Å². The Morgan fingerprint density at radius 2 is 1.84 bits per heavy atom. The first kappa shape index (κ1) is 15.7. The molecule has 2 aromatic rings. The number of hydrogen-bond donors (Lipinski definition) is 1. The Morgan fingerprint density at radius 1 is 1.08 bits per heavy atom. The molecule has 1 fully saturated rings. The van der Waals surface area contributed by atoms with Crippen molar-refractivity contribution in [2.24, 2.45) is 0 Å². The lowest BCUT2D eigenvalue weighted by Crippen LogP contribution is -2.40. The first-order chi connectivity index (χ1) is 12.2. The molecule has 1 N–H and O–H groups in total. The molecular weight excluding hydrogens is 323 g/mol. The summed E-state index contributed by atoms with van der Waals surface area (Å²) >= 11 is 0. The Balaban J connectivity index is 1.36. The van der Waals surface area contributed by atoms with Crippen molar-refractivity contribution in [3.05, 3.63) is 53.8 Å². The zero-order valence-electron chi connectivity index (χ0n) is 13.7. The van der Waals surface area contributed by atoms with Gasteiger partial charge in [0.15, 0.2) is 11.5 Å². The zero-order valence-corrected chi connectivity index (χ0v) is 13.7. The van der Waals surface area contributed by atoms with Crippen LogP contribution in [0, 0.1) is 5.82 Å². The molecule has 0 spiro atoms. The number of hydrogen-bond acceptors (Lipinski definition) is 3. The van der Waals surface area contributed by atoms with Crippen LogP contribution in [0.4, 0.5) is 14.9 Å². The standard InChI is InChI=1S/C19H19FN2O3/c20-15-3-1-2-4-16(15)21-19(23)22-9-7-13(8-10-22)14-5-6-17-18(11-14)25-12-24-17/h1-6,11,13H,7-10,12H2,(H,21,23). The number of nitrogens with zero attached hydrogens (tertiary/aromatic N) is 1. The van der Waals surface area contributed by atoms with Gasteiger partial charge < -0.3 is 19.7 Å². The summed E-state index contributed by atoms with van der Waals surface area (Å²) in [5, 5.41) is 2.64. The van der Waals surface area contributed by atoms with Crippen LogP contribution in [0.2, 0.25) is 0 Å². The van der Waals surface area contributed by atoms with Crippen LogP contribution < -0.4 is 14.8 Å². The Hall–Kier alpha value is -2.76. The summed E-state index contributed by atoms with van der Waals surface area (Å²) in [5.41, 5.74) is 1.42. The SMILES string of the molecule is O=C(Nc1ccccc1F)N1CCC(c2ccc3c(c2)OCO3)CC1. The van der Waals surface area contributed by atoms with Gasteiger partial charge in [-0.25, -0.2) is 9.18 Å². The van der Waals surface area contributed by atoms with Gasteiger partial charge in [0.1, 0.15) is 5.82 Å². The van der Waals surface area contributed by atoms with Gasteiger partial charge in [0.2, 0.25) is 6.79 Å². The molecule has 2 heterocycles. The molecule has 0 atom stereocenters. The molecule has 4 rings (SSSR count). The Labute approximate surface area is 145 Å². The van der Waals surface area contributed by atoms with E-state index >= 15 is 0 Å². The van der Waals surface area contributed by atoms with Gasteiger partial charge in [-0.05, 0) is 48.6 Å². The van der Waals surface area contributed by atoms with E-state index in [9.17, 15) is 9.18 Å². The van der Waals surface area contributed by atoms with Gasteiger partial charge in [0.25, 0.3) is 0 Å². The second-order valence-corrected chi connectivity index (χ2v) is 6.28. The zero-order chi connectivity index (χ0) is 17.2. The number of para-hydroxylation sites is 1. The summed E-state index contributed by atoms with van der Waals surface area (Å²) in [6.45, 7) is 1.55. The molecule has 2 aliphatic rings. The van der Waals surface area contributed by atoms with E-state index in [1.165, 1.54) is 11.6 Å². The van der Waals surface area contributed by atoms with Crippen molar-refractivity contribution in [3.63, 3.8) is 0 Å². The smallest absolute Gasteiger partial charge is 0.321 e. The summed E-state index contributed by atoms with van der Waals surface area (Å²) in [6.07, 6.45) is 1.73. The van der Waals surface area contributed by atoms with E-state index < -0.39 is 5.82 Å². The molecule has 0 saturated carbocycles. The third-order valence-corrected chi connectivity index (χ3v) is 4.77. The van der Waals surface area contributed by atoms with Crippen molar-refractivity contribution in [2.45, 2.75) is 18.8 Å². The number of rotatable bonds is 2. The van der Waals surface area contributed by atoms with Crippen LogP contribution in [0.1, 0.15) is 24.3 Å². The average Bonchev–Trinajstić information content (AvgIpc) is 3.11. The summed E-state index contributed by atoms with van der Waals surface area (Å²) in [7, 11) is 0. The summed E-state index contributed by atoms with van der Waals surface area (Å²) in [4.78, 5) is 14.1. The molecular formula is C19H19FN2O3. The van der Waals surface area contributed by atoms with E-state index in [2.05, 4.69) is 11.4 Å². The lowest BCUT2D eigenvalue weighted by Gasteiger charge is -2.32. The van der Waals surface area contributed by atoms with Gasteiger partial charge in [0, 0.05) is 13.1 Å². The highest BCUT2D eigenvalue weighted by atomic mass is 19.1. The number of halogens is 1. The molecule has 0 unspecified atom stereocenters. The van der Waals surface area contributed by atoms with Crippen LogP contribution in [-0.4, -0.2) is 30.8 Å². The van der Waals surface area contributed by atoms with Crippen molar-refractivity contribution >= 4 is 11.7 Å². The molecule has 0 aromatic heterocycles. The quantitative estimate of drug-likeness (QED) is 0.898. The van der Waals surface area contributed by atoms with Gasteiger partial charge in [-0.15, -0.1) is 0 Å². The molecule has 2 aliphatic heterocycles. The number of carbonyl (C=O) groups excluding carboxylic acids is 1. The largest absolute Gasteiger partial charge is 0.454 e. The fraction of sp³-hybridized carbons (Fsp3) is 0.316. The number of piperidine rings is 1. The fourth-order valence-electron chi connectivity index (χ4n) is 3.34. The van der Waals surface area contributed by atoms with Crippen LogP contribution in [-0.2, 0) is 0 Å². The van der Waals surface area contributed by atoms with Crippen LogP contribution in [0.5, 0.6) is 11.5 Å². The maximum absolute atomic E-state index is 13.7. The summed E-state index contributed by atoms with van der Waals surface area (Å²) < 4.78 is 24.4. The lowest BCUT2D eigenvalue weighted by atomic mass is 9.89. The highest BCUT2D eigenvalue weighted by Crippen LogP contribution is 2.37. The van der Waals surface area contributed by atoms with E-state index in [1.54, 1.807) is 23.1 Å². The predicted octanol–water partition coefficient (Wildman–Crippen LogP) is 3.97. The van der Waals surface area contributed by atoms with Crippen molar-refractivity contribution in [3.8, 4) is 11.5 Å².